The predicted molar refractivity (Wildman–Crippen MR) is 99.9 cm³/mol. The van der Waals surface area contributed by atoms with Crippen LogP contribution in [0.4, 0.5) is 0 Å². The standard InChI is InChI=1S/C21H32N2O3/c1-7-22-8-2-20(1)15-25-11-3-18-6-12-26-21(13-18)16-23(17-21)14-19-4-9-24-10-5-19/h1-2,7-8,18-19H,3-6,9-17H2/t18-/m1/s1. The largest absolute Gasteiger partial charge is 0.381 e. The molecule has 0 unspecified atom stereocenters. The van der Waals surface area contributed by atoms with Gasteiger partial charge in [-0.3, -0.25) is 9.88 Å². The Labute approximate surface area is 157 Å². The average molecular weight is 360 g/mol. The van der Waals surface area contributed by atoms with Crippen LogP contribution < -0.4 is 0 Å². The van der Waals surface area contributed by atoms with Crippen LogP contribution in [-0.4, -0.2) is 61.5 Å². The van der Waals surface area contributed by atoms with Gasteiger partial charge in [0.2, 0.25) is 0 Å². The van der Waals surface area contributed by atoms with Gasteiger partial charge in [-0.2, -0.15) is 0 Å². The highest BCUT2D eigenvalue weighted by Gasteiger charge is 2.47. The number of hydrogen-bond donors (Lipinski definition) is 0. The number of likely N-dealkylation sites (tertiary alicyclic amines) is 1. The normalized spacial score (nSPS) is 26.7. The zero-order chi connectivity index (χ0) is 17.7. The van der Waals surface area contributed by atoms with Crippen LogP contribution in [0.3, 0.4) is 0 Å². The van der Waals surface area contributed by atoms with Crippen LogP contribution in [0, 0.1) is 11.8 Å². The molecule has 0 radical (unpaired) electrons. The van der Waals surface area contributed by atoms with E-state index in [0.29, 0.717) is 6.61 Å². The molecule has 0 N–H and O–H groups in total. The molecular weight excluding hydrogens is 328 g/mol. The lowest BCUT2D eigenvalue weighted by molar-refractivity contribution is -0.183. The maximum absolute atomic E-state index is 6.21. The Hall–Kier alpha value is -1.01. The Balaban J connectivity index is 1.14. The van der Waals surface area contributed by atoms with Gasteiger partial charge < -0.3 is 14.2 Å². The quantitative estimate of drug-likeness (QED) is 0.700. The van der Waals surface area contributed by atoms with E-state index in [1.807, 2.05) is 24.5 Å². The van der Waals surface area contributed by atoms with Crippen LogP contribution in [-0.2, 0) is 20.8 Å². The highest BCUT2D eigenvalue weighted by atomic mass is 16.5. The van der Waals surface area contributed by atoms with Gasteiger partial charge in [0, 0.05) is 58.5 Å². The molecule has 1 aromatic heterocycles. The van der Waals surface area contributed by atoms with Crippen molar-refractivity contribution in [2.45, 2.75) is 44.3 Å². The number of rotatable bonds is 7. The number of ether oxygens (including phenoxy) is 3. The molecule has 0 saturated carbocycles. The van der Waals surface area contributed by atoms with E-state index in [9.17, 15) is 0 Å². The van der Waals surface area contributed by atoms with E-state index in [1.165, 1.54) is 37.8 Å². The summed E-state index contributed by atoms with van der Waals surface area (Å²) in [7, 11) is 0. The van der Waals surface area contributed by atoms with Crippen LogP contribution in [0.15, 0.2) is 24.5 Å². The molecule has 5 nitrogen and oxygen atoms in total. The van der Waals surface area contributed by atoms with Gasteiger partial charge in [0.05, 0.1) is 12.2 Å². The Kier molecular flexibility index (Phi) is 6.20. The van der Waals surface area contributed by atoms with Crippen LogP contribution >= 0.6 is 0 Å². The van der Waals surface area contributed by atoms with Gasteiger partial charge in [-0.15, -0.1) is 0 Å². The molecule has 5 heteroatoms. The third kappa shape index (κ3) is 4.83. The van der Waals surface area contributed by atoms with Crippen LogP contribution in [0.2, 0.25) is 0 Å². The third-order valence-electron chi connectivity index (χ3n) is 6.16. The minimum atomic E-state index is 0.138. The molecule has 0 bridgehead atoms. The van der Waals surface area contributed by atoms with Gasteiger partial charge >= 0.3 is 0 Å². The lowest BCUT2D eigenvalue weighted by Gasteiger charge is -2.54. The smallest absolute Gasteiger partial charge is 0.0937 e. The van der Waals surface area contributed by atoms with E-state index in [-0.39, 0.29) is 5.60 Å². The molecule has 3 aliphatic heterocycles. The predicted octanol–water partition coefficient (Wildman–Crippen LogP) is 2.90. The molecule has 26 heavy (non-hydrogen) atoms. The molecule has 0 aliphatic carbocycles. The van der Waals surface area contributed by atoms with Crippen molar-refractivity contribution in [1.29, 1.82) is 0 Å². The van der Waals surface area contributed by atoms with Crippen LogP contribution in [0.25, 0.3) is 0 Å². The fourth-order valence-electron chi connectivity index (χ4n) is 4.71. The average Bonchev–Trinajstić information content (AvgIpc) is 2.66. The van der Waals surface area contributed by atoms with Gasteiger partial charge in [0.25, 0.3) is 0 Å². The van der Waals surface area contributed by atoms with Crippen molar-refractivity contribution in [2.24, 2.45) is 11.8 Å². The van der Waals surface area contributed by atoms with Crippen molar-refractivity contribution in [3.8, 4) is 0 Å². The monoisotopic (exact) mass is 360 g/mol. The third-order valence-corrected chi connectivity index (χ3v) is 6.16. The second-order valence-corrected chi connectivity index (χ2v) is 8.31. The van der Waals surface area contributed by atoms with Crippen molar-refractivity contribution >= 4 is 0 Å². The van der Waals surface area contributed by atoms with E-state index < -0.39 is 0 Å². The highest BCUT2D eigenvalue weighted by Crippen LogP contribution is 2.38. The lowest BCUT2D eigenvalue weighted by Crippen LogP contribution is -2.65. The highest BCUT2D eigenvalue weighted by molar-refractivity contribution is 5.07. The summed E-state index contributed by atoms with van der Waals surface area (Å²) in [6, 6.07) is 4.04. The first-order valence-corrected chi connectivity index (χ1v) is 10.2. The molecule has 4 heterocycles. The minimum absolute atomic E-state index is 0.138. The van der Waals surface area contributed by atoms with Crippen LogP contribution in [0.5, 0.6) is 0 Å². The maximum Gasteiger partial charge on any atom is 0.0937 e. The lowest BCUT2D eigenvalue weighted by atomic mass is 9.79. The summed E-state index contributed by atoms with van der Waals surface area (Å²) in [6.07, 6.45) is 9.63. The Bertz CT molecular complexity index is 541. The first-order valence-electron chi connectivity index (χ1n) is 10.2. The number of aromatic nitrogens is 1. The van der Waals surface area contributed by atoms with E-state index in [4.69, 9.17) is 14.2 Å². The Morgan fingerprint density at radius 1 is 1.08 bits per heavy atom. The number of nitrogens with zero attached hydrogens (tertiary/aromatic N) is 2. The van der Waals surface area contributed by atoms with E-state index in [1.54, 1.807) is 0 Å². The molecule has 144 valence electrons. The molecular formula is C21H32N2O3. The summed E-state index contributed by atoms with van der Waals surface area (Å²) in [6.45, 7) is 7.82. The second-order valence-electron chi connectivity index (χ2n) is 8.31. The molecule has 1 aromatic rings. The van der Waals surface area contributed by atoms with Crippen molar-refractivity contribution in [2.75, 3.05) is 46.1 Å². The second kappa shape index (κ2) is 8.79. The molecule has 0 aromatic carbocycles. The zero-order valence-electron chi connectivity index (χ0n) is 15.8. The molecule has 3 saturated heterocycles. The van der Waals surface area contributed by atoms with Crippen molar-refractivity contribution in [3.63, 3.8) is 0 Å². The van der Waals surface area contributed by atoms with E-state index >= 15 is 0 Å². The number of hydrogen-bond acceptors (Lipinski definition) is 5. The van der Waals surface area contributed by atoms with Crippen molar-refractivity contribution in [3.05, 3.63) is 30.1 Å². The van der Waals surface area contributed by atoms with Gasteiger partial charge in [-0.05, 0) is 61.6 Å². The minimum Gasteiger partial charge on any atom is -0.381 e. The Morgan fingerprint density at radius 2 is 1.85 bits per heavy atom. The summed E-state index contributed by atoms with van der Waals surface area (Å²) in [5.41, 5.74) is 1.34. The molecule has 1 spiro atoms. The first-order chi connectivity index (χ1) is 12.8. The summed E-state index contributed by atoms with van der Waals surface area (Å²) in [5, 5.41) is 0. The molecule has 3 fully saturated rings. The zero-order valence-corrected chi connectivity index (χ0v) is 15.8. The molecule has 3 aliphatic rings. The topological polar surface area (TPSA) is 43.8 Å². The van der Waals surface area contributed by atoms with Gasteiger partial charge in [-0.1, -0.05) is 0 Å². The molecule has 0 amide bonds. The summed E-state index contributed by atoms with van der Waals surface area (Å²) >= 11 is 0. The fraction of sp³-hybridized carbons (Fsp3) is 0.762. The first kappa shape index (κ1) is 18.4. The summed E-state index contributed by atoms with van der Waals surface area (Å²) in [4.78, 5) is 6.64. The number of pyridine rings is 1. The van der Waals surface area contributed by atoms with Gasteiger partial charge in [0.15, 0.2) is 0 Å². The SMILES string of the molecule is c1cc(COCC[C@@H]2CCOC3(C2)CN(CC2CCOCC2)C3)ccn1. The van der Waals surface area contributed by atoms with Crippen molar-refractivity contribution in [1.82, 2.24) is 9.88 Å². The van der Waals surface area contributed by atoms with Gasteiger partial charge in [0.1, 0.15) is 0 Å². The molecule has 4 rings (SSSR count). The van der Waals surface area contributed by atoms with E-state index in [2.05, 4.69) is 9.88 Å². The van der Waals surface area contributed by atoms with E-state index in [0.717, 1.165) is 57.8 Å². The van der Waals surface area contributed by atoms with Gasteiger partial charge in [-0.25, -0.2) is 0 Å². The van der Waals surface area contributed by atoms with Crippen molar-refractivity contribution < 1.29 is 14.2 Å². The van der Waals surface area contributed by atoms with Crippen LogP contribution in [0.1, 0.15) is 37.7 Å². The summed E-state index contributed by atoms with van der Waals surface area (Å²) in [5.74, 6) is 1.56. The molecule has 1 atom stereocenters. The summed E-state index contributed by atoms with van der Waals surface area (Å²) < 4.78 is 17.6. The fourth-order valence-corrected chi connectivity index (χ4v) is 4.71. The maximum atomic E-state index is 6.21. The Morgan fingerprint density at radius 3 is 2.65 bits per heavy atom.